The normalized spacial score (nSPS) is 11.9. The lowest BCUT2D eigenvalue weighted by atomic mass is 10.2. The van der Waals surface area contributed by atoms with Crippen molar-refractivity contribution in [1.82, 2.24) is 19.9 Å². The Morgan fingerprint density at radius 3 is 2.79 bits per heavy atom. The van der Waals surface area contributed by atoms with Gasteiger partial charge in [0.2, 0.25) is 0 Å². The highest BCUT2D eigenvalue weighted by molar-refractivity contribution is 6.31. The van der Waals surface area contributed by atoms with E-state index in [2.05, 4.69) is 20.8 Å². The molecular formula is C24H23ClFN5O3. The first-order valence-electron chi connectivity index (χ1n) is 10.5. The minimum absolute atomic E-state index is 0.0389. The maximum Gasteiger partial charge on any atom is 0.262 e. The van der Waals surface area contributed by atoms with Crippen molar-refractivity contribution in [3.8, 4) is 11.5 Å². The average molecular weight is 484 g/mol. The van der Waals surface area contributed by atoms with Crippen LogP contribution in [0.4, 0.5) is 10.1 Å². The maximum absolute atomic E-state index is 13.3. The quantitative estimate of drug-likeness (QED) is 0.367. The van der Waals surface area contributed by atoms with Gasteiger partial charge < -0.3 is 20.1 Å². The van der Waals surface area contributed by atoms with E-state index in [1.807, 2.05) is 47.9 Å². The van der Waals surface area contributed by atoms with Crippen LogP contribution < -0.4 is 20.1 Å². The van der Waals surface area contributed by atoms with Crippen LogP contribution >= 0.6 is 11.6 Å². The van der Waals surface area contributed by atoms with Crippen molar-refractivity contribution in [2.75, 3.05) is 19.0 Å². The van der Waals surface area contributed by atoms with E-state index in [-0.39, 0.29) is 17.7 Å². The molecule has 0 radical (unpaired) electrons. The SMILES string of the molecule is COc1cc(CNC(C)c2nnc3ccccn23)ccc1OCC(=O)Nc1ccc(F)c(Cl)c1. The van der Waals surface area contributed by atoms with Crippen LogP contribution in [-0.2, 0) is 11.3 Å². The molecule has 2 aromatic heterocycles. The molecule has 2 aromatic carbocycles. The molecule has 0 spiro atoms. The van der Waals surface area contributed by atoms with Gasteiger partial charge in [-0.3, -0.25) is 9.20 Å². The number of amides is 1. The monoisotopic (exact) mass is 483 g/mol. The molecule has 4 rings (SSSR count). The zero-order chi connectivity index (χ0) is 24.1. The number of aromatic nitrogens is 3. The summed E-state index contributed by atoms with van der Waals surface area (Å²) in [7, 11) is 1.53. The number of anilines is 1. The Hall–Kier alpha value is -3.69. The van der Waals surface area contributed by atoms with Gasteiger partial charge in [-0.15, -0.1) is 10.2 Å². The summed E-state index contributed by atoms with van der Waals surface area (Å²) in [6, 6.07) is 15.1. The van der Waals surface area contributed by atoms with E-state index in [0.717, 1.165) is 17.0 Å². The van der Waals surface area contributed by atoms with Crippen molar-refractivity contribution >= 4 is 28.8 Å². The number of rotatable bonds is 9. The zero-order valence-electron chi connectivity index (χ0n) is 18.6. The fraction of sp³-hybridized carbons (Fsp3) is 0.208. The van der Waals surface area contributed by atoms with Gasteiger partial charge in [-0.25, -0.2) is 4.39 Å². The number of pyridine rings is 1. The van der Waals surface area contributed by atoms with Crippen molar-refractivity contribution < 1.29 is 18.7 Å². The highest BCUT2D eigenvalue weighted by atomic mass is 35.5. The maximum atomic E-state index is 13.3. The van der Waals surface area contributed by atoms with Gasteiger partial charge >= 0.3 is 0 Å². The lowest BCUT2D eigenvalue weighted by Crippen LogP contribution is -2.21. The number of hydrogen-bond donors (Lipinski definition) is 2. The van der Waals surface area contributed by atoms with E-state index in [1.165, 1.54) is 25.3 Å². The topological polar surface area (TPSA) is 89.8 Å². The van der Waals surface area contributed by atoms with Gasteiger partial charge in [0.25, 0.3) is 5.91 Å². The summed E-state index contributed by atoms with van der Waals surface area (Å²) in [5, 5.41) is 14.4. The first kappa shape index (κ1) is 23.5. The number of carbonyl (C=O) groups excluding carboxylic acids is 1. The van der Waals surface area contributed by atoms with Crippen LogP contribution in [0, 0.1) is 5.82 Å². The molecule has 0 aliphatic carbocycles. The number of carbonyl (C=O) groups is 1. The van der Waals surface area contributed by atoms with Gasteiger partial charge in [0, 0.05) is 18.4 Å². The fourth-order valence-corrected chi connectivity index (χ4v) is 3.55. The molecule has 2 N–H and O–H groups in total. The number of halogens is 2. The number of nitrogens with one attached hydrogen (secondary N) is 2. The number of fused-ring (bicyclic) bond motifs is 1. The average Bonchev–Trinajstić information content (AvgIpc) is 3.28. The van der Waals surface area contributed by atoms with Gasteiger partial charge in [0.1, 0.15) is 5.82 Å². The van der Waals surface area contributed by atoms with E-state index < -0.39 is 11.7 Å². The lowest BCUT2D eigenvalue weighted by molar-refractivity contribution is -0.118. The van der Waals surface area contributed by atoms with Gasteiger partial charge in [-0.05, 0) is 55.0 Å². The van der Waals surface area contributed by atoms with E-state index in [4.69, 9.17) is 21.1 Å². The molecule has 1 amide bonds. The number of hydrogen-bond acceptors (Lipinski definition) is 6. The lowest BCUT2D eigenvalue weighted by Gasteiger charge is -2.15. The number of nitrogens with zero attached hydrogens (tertiary/aromatic N) is 3. The van der Waals surface area contributed by atoms with E-state index in [9.17, 15) is 9.18 Å². The third-order valence-electron chi connectivity index (χ3n) is 5.13. The standard InChI is InChI=1S/C24H23ClFN5O3/c1-15(24-30-29-22-5-3-4-10-31(22)24)27-13-16-6-9-20(21(11-16)33-2)34-14-23(32)28-17-7-8-19(26)18(25)12-17/h3-12,15,27H,13-14H2,1-2H3,(H,28,32). The Morgan fingerprint density at radius 1 is 1.15 bits per heavy atom. The highest BCUT2D eigenvalue weighted by Crippen LogP contribution is 2.28. The van der Waals surface area contributed by atoms with Crippen LogP contribution in [0.2, 0.25) is 5.02 Å². The van der Waals surface area contributed by atoms with Crippen LogP contribution in [0.5, 0.6) is 11.5 Å². The molecule has 0 saturated heterocycles. The van der Waals surface area contributed by atoms with Crippen molar-refractivity contribution in [3.63, 3.8) is 0 Å². The van der Waals surface area contributed by atoms with Crippen molar-refractivity contribution in [2.45, 2.75) is 19.5 Å². The number of benzene rings is 2. The second-order valence-electron chi connectivity index (χ2n) is 7.54. The molecule has 0 saturated carbocycles. The summed E-state index contributed by atoms with van der Waals surface area (Å²) in [6.45, 7) is 2.33. The fourth-order valence-electron chi connectivity index (χ4n) is 3.37. The highest BCUT2D eigenvalue weighted by Gasteiger charge is 2.14. The van der Waals surface area contributed by atoms with Gasteiger partial charge in [0.05, 0.1) is 18.2 Å². The summed E-state index contributed by atoms with van der Waals surface area (Å²) < 4.78 is 26.3. The zero-order valence-corrected chi connectivity index (χ0v) is 19.3. The molecule has 10 heteroatoms. The van der Waals surface area contributed by atoms with E-state index >= 15 is 0 Å². The minimum Gasteiger partial charge on any atom is -0.493 e. The van der Waals surface area contributed by atoms with Crippen LogP contribution in [0.15, 0.2) is 60.8 Å². The van der Waals surface area contributed by atoms with Gasteiger partial charge in [0.15, 0.2) is 29.6 Å². The first-order valence-corrected chi connectivity index (χ1v) is 10.9. The number of methoxy groups -OCH3 is 1. The van der Waals surface area contributed by atoms with Crippen LogP contribution in [0.25, 0.3) is 5.65 Å². The molecule has 1 unspecified atom stereocenters. The smallest absolute Gasteiger partial charge is 0.262 e. The molecule has 0 bridgehead atoms. The van der Waals surface area contributed by atoms with Crippen LogP contribution in [0.1, 0.15) is 24.4 Å². The predicted molar refractivity (Wildman–Crippen MR) is 127 cm³/mol. The molecule has 1 atom stereocenters. The van der Waals surface area contributed by atoms with E-state index in [0.29, 0.717) is 23.7 Å². The molecule has 2 heterocycles. The Kier molecular flexibility index (Phi) is 7.24. The third-order valence-corrected chi connectivity index (χ3v) is 5.42. The summed E-state index contributed by atoms with van der Waals surface area (Å²) in [6.07, 6.45) is 1.93. The van der Waals surface area contributed by atoms with Crippen molar-refractivity contribution in [3.05, 3.63) is 83.0 Å². The molecule has 34 heavy (non-hydrogen) atoms. The summed E-state index contributed by atoms with van der Waals surface area (Å²) in [5.74, 6) is 0.771. The second-order valence-corrected chi connectivity index (χ2v) is 7.95. The Morgan fingerprint density at radius 2 is 2.00 bits per heavy atom. The van der Waals surface area contributed by atoms with Gasteiger partial charge in [-0.1, -0.05) is 23.7 Å². The molecular weight excluding hydrogens is 461 g/mol. The van der Waals surface area contributed by atoms with E-state index in [1.54, 1.807) is 6.07 Å². The molecule has 4 aromatic rings. The summed E-state index contributed by atoms with van der Waals surface area (Å²) in [4.78, 5) is 12.2. The minimum atomic E-state index is -0.556. The summed E-state index contributed by atoms with van der Waals surface area (Å²) in [5.41, 5.74) is 2.14. The predicted octanol–water partition coefficient (Wildman–Crippen LogP) is 4.40. The Bertz CT molecular complexity index is 1310. The first-order chi connectivity index (χ1) is 16.4. The van der Waals surface area contributed by atoms with Gasteiger partial charge in [-0.2, -0.15) is 0 Å². The largest absolute Gasteiger partial charge is 0.493 e. The van der Waals surface area contributed by atoms with Crippen molar-refractivity contribution in [2.24, 2.45) is 0 Å². The third kappa shape index (κ3) is 5.44. The van der Waals surface area contributed by atoms with Crippen LogP contribution in [-0.4, -0.2) is 34.2 Å². The molecule has 0 aliphatic heterocycles. The molecule has 0 fully saturated rings. The Balaban J connectivity index is 1.34. The molecule has 176 valence electrons. The Labute approximate surface area is 200 Å². The van der Waals surface area contributed by atoms with Crippen molar-refractivity contribution in [1.29, 1.82) is 0 Å². The summed E-state index contributed by atoms with van der Waals surface area (Å²) >= 11 is 5.74. The second kappa shape index (κ2) is 10.5. The van der Waals surface area contributed by atoms with Crippen LogP contribution in [0.3, 0.4) is 0 Å². The number of ether oxygens (including phenoxy) is 2. The molecule has 0 aliphatic rings. The molecule has 8 nitrogen and oxygen atoms in total.